The van der Waals surface area contributed by atoms with Crippen molar-refractivity contribution < 1.29 is 18.0 Å². The zero-order valence-electron chi connectivity index (χ0n) is 7.93. The molecule has 0 bridgehead atoms. The standard InChI is InChI=1S/C9H9NO4S/c1-7(12)10-15(13,14)9-4-2-8(6-11)3-5-9/h2-6H,1H3,(H,10,12). The molecule has 0 saturated heterocycles. The Morgan fingerprint density at radius 2 is 1.80 bits per heavy atom. The van der Waals surface area contributed by atoms with Gasteiger partial charge in [0.15, 0.2) is 0 Å². The number of sulfonamides is 1. The van der Waals surface area contributed by atoms with Gasteiger partial charge in [-0.2, -0.15) is 0 Å². The van der Waals surface area contributed by atoms with Crippen LogP contribution in [0.5, 0.6) is 0 Å². The van der Waals surface area contributed by atoms with Gasteiger partial charge in [0.05, 0.1) is 4.90 Å². The molecule has 1 N–H and O–H groups in total. The minimum Gasteiger partial charge on any atom is -0.298 e. The van der Waals surface area contributed by atoms with Crippen LogP contribution in [0.4, 0.5) is 0 Å². The highest BCUT2D eigenvalue weighted by molar-refractivity contribution is 7.90. The van der Waals surface area contributed by atoms with Crippen molar-refractivity contribution in [2.45, 2.75) is 11.8 Å². The van der Waals surface area contributed by atoms with Gasteiger partial charge >= 0.3 is 0 Å². The predicted molar refractivity (Wildman–Crippen MR) is 52.8 cm³/mol. The molecule has 5 nitrogen and oxygen atoms in total. The fourth-order valence-corrected chi connectivity index (χ4v) is 1.96. The lowest BCUT2D eigenvalue weighted by molar-refractivity contribution is -0.117. The first-order valence-electron chi connectivity index (χ1n) is 4.04. The third kappa shape index (κ3) is 2.88. The molecule has 1 aromatic rings. The molecule has 80 valence electrons. The molecule has 0 aromatic heterocycles. The van der Waals surface area contributed by atoms with E-state index in [0.29, 0.717) is 11.8 Å². The molecule has 1 rings (SSSR count). The monoisotopic (exact) mass is 227 g/mol. The normalized spacial score (nSPS) is 10.7. The van der Waals surface area contributed by atoms with Crippen LogP contribution < -0.4 is 4.72 Å². The van der Waals surface area contributed by atoms with Gasteiger partial charge in [0.25, 0.3) is 10.0 Å². The number of carbonyl (C=O) groups excluding carboxylic acids is 2. The maximum Gasteiger partial charge on any atom is 0.264 e. The maximum atomic E-state index is 11.4. The van der Waals surface area contributed by atoms with E-state index in [1.165, 1.54) is 24.3 Å². The molecule has 0 heterocycles. The zero-order valence-corrected chi connectivity index (χ0v) is 8.74. The maximum absolute atomic E-state index is 11.4. The largest absolute Gasteiger partial charge is 0.298 e. The van der Waals surface area contributed by atoms with Gasteiger partial charge in [-0.15, -0.1) is 0 Å². The average molecular weight is 227 g/mol. The highest BCUT2D eigenvalue weighted by Gasteiger charge is 2.14. The van der Waals surface area contributed by atoms with E-state index in [0.717, 1.165) is 6.92 Å². The van der Waals surface area contributed by atoms with Crippen LogP contribution in [-0.4, -0.2) is 20.6 Å². The average Bonchev–Trinajstić information content (AvgIpc) is 2.16. The van der Waals surface area contributed by atoms with E-state index in [9.17, 15) is 18.0 Å². The van der Waals surface area contributed by atoms with E-state index in [2.05, 4.69) is 0 Å². The second-order valence-corrected chi connectivity index (χ2v) is 4.53. The first kappa shape index (κ1) is 11.4. The summed E-state index contributed by atoms with van der Waals surface area (Å²) in [7, 11) is -3.80. The van der Waals surface area contributed by atoms with Crippen molar-refractivity contribution in [1.29, 1.82) is 0 Å². The first-order valence-corrected chi connectivity index (χ1v) is 5.52. The van der Waals surface area contributed by atoms with Crippen LogP contribution in [0.1, 0.15) is 17.3 Å². The van der Waals surface area contributed by atoms with E-state index in [1.54, 1.807) is 0 Å². The van der Waals surface area contributed by atoms with Crippen LogP contribution in [-0.2, 0) is 14.8 Å². The molecule has 0 atom stereocenters. The summed E-state index contributed by atoms with van der Waals surface area (Å²) < 4.78 is 24.7. The fourth-order valence-electron chi connectivity index (χ4n) is 0.974. The number of aldehydes is 1. The van der Waals surface area contributed by atoms with Crippen molar-refractivity contribution in [2.24, 2.45) is 0 Å². The van der Waals surface area contributed by atoms with Gasteiger partial charge in [0, 0.05) is 12.5 Å². The van der Waals surface area contributed by atoms with E-state index in [4.69, 9.17) is 0 Å². The van der Waals surface area contributed by atoms with Crippen LogP contribution in [0.15, 0.2) is 29.2 Å². The predicted octanol–water partition coefficient (Wildman–Crippen LogP) is 0.324. The first-order chi connectivity index (χ1) is 6.95. The second kappa shape index (κ2) is 4.22. The Labute approximate surface area is 87.2 Å². The van der Waals surface area contributed by atoms with Crippen molar-refractivity contribution in [2.75, 3.05) is 0 Å². The highest BCUT2D eigenvalue weighted by atomic mass is 32.2. The third-order valence-corrected chi connectivity index (χ3v) is 3.05. The summed E-state index contributed by atoms with van der Waals surface area (Å²) in [5.41, 5.74) is 0.372. The zero-order chi connectivity index (χ0) is 11.5. The molecule has 1 amide bonds. The van der Waals surface area contributed by atoms with Gasteiger partial charge in [-0.3, -0.25) is 9.59 Å². The summed E-state index contributed by atoms with van der Waals surface area (Å²) in [5.74, 6) is -0.658. The van der Waals surface area contributed by atoms with Gasteiger partial charge in [0.2, 0.25) is 5.91 Å². The van der Waals surface area contributed by atoms with Crippen molar-refractivity contribution in [3.8, 4) is 0 Å². The summed E-state index contributed by atoms with van der Waals surface area (Å²) in [6, 6.07) is 5.24. The molecule has 0 fully saturated rings. The minimum atomic E-state index is -3.80. The molecule has 0 aliphatic rings. The van der Waals surface area contributed by atoms with Crippen LogP contribution in [0, 0.1) is 0 Å². The molecule has 0 unspecified atom stereocenters. The van der Waals surface area contributed by atoms with Crippen LogP contribution in [0.2, 0.25) is 0 Å². The molecule has 0 aliphatic carbocycles. The molecule has 0 radical (unpaired) electrons. The lowest BCUT2D eigenvalue weighted by Crippen LogP contribution is -2.28. The smallest absolute Gasteiger partial charge is 0.264 e. The summed E-state index contributed by atoms with van der Waals surface area (Å²) in [6.45, 7) is 1.11. The van der Waals surface area contributed by atoms with Gasteiger partial charge in [-0.1, -0.05) is 12.1 Å². The second-order valence-electron chi connectivity index (χ2n) is 2.85. The topological polar surface area (TPSA) is 80.3 Å². The van der Waals surface area contributed by atoms with E-state index >= 15 is 0 Å². The Morgan fingerprint density at radius 1 is 1.27 bits per heavy atom. The van der Waals surface area contributed by atoms with Crippen molar-refractivity contribution in [1.82, 2.24) is 4.72 Å². The highest BCUT2D eigenvalue weighted by Crippen LogP contribution is 2.09. The van der Waals surface area contributed by atoms with Gasteiger partial charge in [0.1, 0.15) is 6.29 Å². The molecule has 6 heteroatoms. The number of hydrogen-bond acceptors (Lipinski definition) is 4. The molecule has 15 heavy (non-hydrogen) atoms. The summed E-state index contributed by atoms with van der Waals surface area (Å²) in [4.78, 5) is 20.9. The number of benzene rings is 1. The summed E-state index contributed by atoms with van der Waals surface area (Å²) in [5, 5.41) is 0. The van der Waals surface area contributed by atoms with Crippen LogP contribution in [0.25, 0.3) is 0 Å². The van der Waals surface area contributed by atoms with Gasteiger partial charge in [-0.05, 0) is 12.1 Å². The number of nitrogens with one attached hydrogen (secondary N) is 1. The molecule has 0 aliphatic heterocycles. The molecule has 0 saturated carbocycles. The van der Waals surface area contributed by atoms with Crippen LogP contribution in [0.3, 0.4) is 0 Å². The van der Waals surface area contributed by atoms with E-state index in [-0.39, 0.29) is 4.90 Å². The van der Waals surface area contributed by atoms with E-state index < -0.39 is 15.9 Å². The number of rotatable bonds is 3. The number of hydrogen-bond donors (Lipinski definition) is 1. The fraction of sp³-hybridized carbons (Fsp3) is 0.111. The lowest BCUT2D eigenvalue weighted by atomic mass is 10.2. The van der Waals surface area contributed by atoms with Crippen molar-refractivity contribution in [3.05, 3.63) is 29.8 Å². The van der Waals surface area contributed by atoms with E-state index in [1.807, 2.05) is 4.72 Å². The van der Waals surface area contributed by atoms with Crippen LogP contribution >= 0.6 is 0 Å². The molecule has 0 spiro atoms. The lowest BCUT2D eigenvalue weighted by Gasteiger charge is -2.03. The molecular weight excluding hydrogens is 218 g/mol. The summed E-state index contributed by atoms with van der Waals surface area (Å²) in [6.07, 6.45) is 0.606. The Hall–Kier alpha value is -1.69. The Balaban J connectivity index is 3.06. The SMILES string of the molecule is CC(=O)NS(=O)(=O)c1ccc(C=O)cc1. The molecular formula is C9H9NO4S. The quantitative estimate of drug-likeness (QED) is 0.754. The van der Waals surface area contributed by atoms with Gasteiger partial charge in [-0.25, -0.2) is 13.1 Å². The Kier molecular flexibility index (Phi) is 3.21. The third-order valence-electron chi connectivity index (χ3n) is 1.60. The summed E-state index contributed by atoms with van der Waals surface area (Å²) >= 11 is 0. The van der Waals surface area contributed by atoms with Crippen molar-refractivity contribution in [3.63, 3.8) is 0 Å². The Morgan fingerprint density at radius 3 is 2.20 bits per heavy atom. The number of carbonyl (C=O) groups is 2. The number of amides is 1. The minimum absolute atomic E-state index is 0.0525. The molecule has 1 aromatic carbocycles. The van der Waals surface area contributed by atoms with Crippen molar-refractivity contribution >= 4 is 22.2 Å². The van der Waals surface area contributed by atoms with Gasteiger partial charge < -0.3 is 0 Å². The Bertz CT molecular complexity index is 475.